The number of likely N-dealkylation sites (tertiary alicyclic amines) is 1. The van der Waals surface area contributed by atoms with Gasteiger partial charge in [0, 0.05) is 24.5 Å². The molecule has 206 valence electrons. The fraction of sp³-hybridized carbons (Fsp3) is 0.562. The van der Waals surface area contributed by atoms with Gasteiger partial charge in [-0.2, -0.15) is 0 Å². The number of imide groups is 1. The molecule has 7 rings (SSSR count). The van der Waals surface area contributed by atoms with Crippen LogP contribution in [-0.4, -0.2) is 73.7 Å². The van der Waals surface area contributed by atoms with Crippen molar-refractivity contribution in [3.05, 3.63) is 64.7 Å². The third-order valence-electron chi connectivity index (χ3n) is 10.8. The number of phenols is 1. The summed E-state index contributed by atoms with van der Waals surface area (Å²) in [6.45, 7) is 6.54. The molecule has 4 atom stereocenters. The van der Waals surface area contributed by atoms with Gasteiger partial charge in [-0.3, -0.25) is 14.6 Å². The lowest BCUT2D eigenvalue weighted by Gasteiger charge is -2.66. The maximum Gasteiger partial charge on any atom is 0.327 e. The fourth-order valence-corrected chi connectivity index (χ4v) is 8.62. The van der Waals surface area contributed by atoms with Crippen molar-refractivity contribution >= 4 is 11.9 Å². The number of nitrogens with zero attached hydrogens (tertiary/aromatic N) is 3. The molecule has 2 bridgehead atoms. The number of aromatic hydroxyl groups is 1. The molecule has 4 fully saturated rings. The molecular weight excluding hydrogens is 490 g/mol. The van der Waals surface area contributed by atoms with Crippen LogP contribution in [0.3, 0.4) is 0 Å². The summed E-state index contributed by atoms with van der Waals surface area (Å²) >= 11 is 0. The molecule has 2 aromatic carbocycles. The van der Waals surface area contributed by atoms with Crippen molar-refractivity contribution in [2.24, 2.45) is 5.92 Å². The number of hydrogen-bond acceptors (Lipinski definition) is 5. The van der Waals surface area contributed by atoms with Crippen LogP contribution < -0.4 is 0 Å². The molecule has 2 aliphatic heterocycles. The van der Waals surface area contributed by atoms with Crippen LogP contribution in [-0.2, 0) is 23.2 Å². The van der Waals surface area contributed by atoms with Gasteiger partial charge in [0.1, 0.15) is 11.3 Å². The van der Waals surface area contributed by atoms with Gasteiger partial charge in [-0.25, -0.2) is 4.79 Å². The second-order valence-electron chi connectivity index (χ2n) is 12.9. The van der Waals surface area contributed by atoms with E-state index in [2.05, 4.69) is 4.90 Å². The number of aliphatic hydroxyl groups is 1. The number of carbonyl (C=O) groups is 2. The molecule has 2 heterocycles. The Bertz CT molecular complexity index is 1340. The Kier molecular flexibility index (Phi) is 5.50. The molecule has 0 aromatic heterocycles. The van der Waals surface area contributed by atoms with Crippen LogP contribution in [0, 0.1) is 12.8 Å². The normalized spacial score (nSPS) is 34.0. The standard InChI is InChI=1S/C32H39N3O4/c1-3-35-29(38)34(19-23-6-4-21(2)5-7-23)28(37)31(35)12-13-32(39)27-16-24-10-11-25(36)17-26(24)30(32,20-31)14-15-33(27)18-22-8-9-22/h4-7,10-11,17,22,27,36,39H,3,8-9,12-16,18-20H2,1-2H3/t27-,30-,31+,32-/m1/s1. The Balaban J connectivity index is 1.31. The van der Waals surface area contributed by atoms with Gasteiger partial charge in [0.25, 0.3) is 5.91 Å². The summed E-state index contributed by atoms with van der Waals surface area (Å²) in [6, 6.07) is 13.3. The number of rotatable bonds is 5. The number of benzene rings is 2. The second-order valence-corrected chi connectivity index (χ2v) is 12.9. The van der Waals surface area contributed by atoms with E-state index in [1.165, 1.54) is 17.7 Å². The van der Waals surface area contributed by atoms with Gasteiger partial charge in [-0.05, 0) is 100 Å². The van der Waals surface area contributed by atoms with Crippen molar-refractivity contribution < 1.29 is 19.8 Å². The number of fused-ring (bicyclic) bond motifs is 1. The summed E-state index contributed by atoms with van der Waals surface area (Å²) in [4.78, 5) is 33.9. The van der Waals surface area contributed by atoms with E-state index in [9.17, 15) is 19.8 Å². The zero-order valence-electron chi connectivity index (χ0n) is 23.0. The predicted octanol–water partition coefficient (Wildman–Crippen LogP) is 4.12. The van der Waals surface area contributed by atoms with Crippen molar-refractivity contribution in [3.8, 4) is 5.75 Å². The van der Waals surface area contributed by atoms with Gasteiger partial charge in [0.15, 0.2) is 0 Å². The molecule has 7 heteroatoms. The zero-order valence-corrected chi connectivity index (χ0v) is 23.0. The second kappa shape index (κ2) is 8.55. The Hall–Kier alpha value is -2.90. The minimum Gasteiger partial charge on any atom is -0.508 e. The number of piperidine rings is 1. The fourth-order valence-electron chi connectivity index (χ4n) is 8.62. The monoisotopic (exact) mass is 529 g/mol. The Morgan fingerprint density at radius 1 is 1.03 bits per heavy atom. The first kappa shape index (κ1) is 25.1. The van der Waals surface area contributed by atoms with Crippen LogP contribution in [0.1, 0.15) is 67.7 Å². The molecule has 1 spiro atoms. The van der Waals surface area contributed by atoms with E-state index in [4.69, 9.17) is 0 Å². The van der Waals surface area contributed by atoms with Gasteiger partial charge in [-0.1, -0.05) is 35.9 Å². The molecule has 3 amide bonds. The summed E-state index contributed by atoms with van der Waals surface area (Å²) in [5, 5.41) is 23.3. The number of aryl methyl sites for hydroxylation is 1. The van der Waals surface area contributed by atoms with Gasteiger partial charge >= 0.3 is 6.03 Å². The average Bonchev–Trinajstić information content (AvgIpc) is 3.72. The van der Waals surface area contributed by atoms with Gasteiger partial charge in [0.05, 0.1) is 12.1 Å². The number of carbonyl (C=O) groups excluding carboxylic acids is 2. The third kappa shape index (κ3) is 3.48. The van der Waals surface area contributed by atoms with Crippen LogP contribution >= 0.6 is 0 Å². The summed E-state index contributed by atoms with van der Waals surface area (Å²) in [5.74, 6) is 0.763. The highest BCUT2D eigenvalue weighted by molar-refractivity contribution is 6.07. The number of hydrogen-bond donors (Lipinski definition) is 2. The van der Waals surface area contributed by atoms with Crippen molar-refractivity contribution in [3.63, 3.8) is 0 Å². The van der Waals surface area contributed by atoms with Crippen LogP contribution in [0.4, 0.5) is 4.79 Å². The van der Waals surface area contributed by atoms with E-state index in [1.807, 2.05) is 50.2 Å². The van der Waals surface area contributed by atoms with Crippen LogP contribution in [0.2, 0.25) is 0 Å². The lowest BCUT2D eigenvalue weighted by atomic mass is 9.46. The van der Waals surface area contributed by atoms with E-state index >= 15 is 0 Å². The Labute approximate surface area is 230 Å². The summed E-state index contributed by atoms with van der Waals surface area (Å²) in [6.07, 6.45) is 5.29. The topological polar surface area (TPSA) is 84.3 Å². The quantitative estimate of drug-likeness (QED) is 0.570. The molecular formula is C32H39N3O4. The molecule has 7 nitrogen and oxygen atoms in total. The van der Waals surface area contributed by atoms with Crippen LogP contribution in [0.5, 0.6) is 5.75 Å². The summed E-state index contributed by atoms with van der Waals surface area (Å²) in [5.41, 5.74) is 1.48. The number of likely N-dealkylation sites (N-methyl/N-ethyl adjacent to an activating group) is 1. The molecule has 2 N–H and O–H groups in total. The lowest BCUT2D eigenvalue weighted by molar-refractivity contribution is -0.188. The maximum atomic E-state index is 14.4. The Morgan fingerprint density at radius 2 is 1.79 bits per heavy atom. The number of amides is 3. The molecule has 2 saturated heterocycles. The van der Waals surface area contributed by atoms with Gasteiger partial charge in [-0.15, -0.1) is 0 Å². The van der Waals surface area contributed by atoms with E-state index in [0.29, 0.717) is 32.2 Å². The molecule has 39 heavy (non-hydrogen) atoms. The molecule has 3 aliphatic carbocycles. The highest BCUT2D eigenvalue weighted by atomic mass is 16.3. The van der Waals surface area contributed by atoms with Crippen molar-refractivity contribution in [2.75, 3.05) is 19.6 Å². The highest BCUT2D eigenvalue weighted by Gasteiger charge is 2.71. The molecule has 0 unspecified atom stereocenters. The SMILES string of the molecule is CCN1C(=O)N(Cc2ccc(C)cc2)C(=O)[C@@]12CC[C@@]1(O)[C@H]3Cc4ccc(O)cc4[C@@]1(CCN3CC1CC1)C2. The van der Waals surface area contributed by atoms with Crippen LogP contribution in [0.25, 0.3) is 0 Å². The number of urea groups is 1. The van der Waals surface area contributed by atoms with Crippen LogP contribution in [0.15, 0.2) is 42.5 Å². The summed E-state index contributed by atoms with van der Waals surface area (Å²) in [7, 11) is 0. The van der Waals surface area contributed by atoms with E-state index in [-0.39, 0.29) is 30.3 Å². The van der Waals surface area contributed by atoms with Crippen molar-refractivity contribution in [1.29, 1.82) is 0 Å². The molecule has 0 radical (unpaired) electrons. The predicted molar refractivity (Wildman–Crippen MR) is 147 cm³/mol. The molecule has 2 saturated carbocycles. The smallest absolute Gasteiger partial charge is 0.327 e. The van der Waals surface area contributed by atoms with Crippen molar-refractivity contribution in [2.45, 2.75) is 87.9 Å². The maximum absolute atomic E-state index is 14.4. The first-order valence-electron chi connectivity index (χ1n) is 14.7. The van der Waals surface area contributed by atoms with Gasteiger partial charge < -0.3 is 15.1 Å². The van der Waals surface area contributed by atoms with Gasteiger partial charge in [0.2, 0.25) is 0 Å². The Morgan fingerprint density at radius 3 is 2.51 bits per heavy atom. The molecule has 2 aromatic rings. The highest BCUT2D eigenvalue weighted by Crippen LogP contribution is 2.62. The number of phenolic OH excluding ortho intramolecular Hbond substituents is 1. The third-order valence-corrected chi connectivity index (χ3v) is 10.8. The first-order chi connectivity index (χ1) is 18.7. The van der Waals surface area contributed by atoms with E-state index < -0.39 is 16.6 Å². The van der Waals surface area contributed by atoms with E-state index in [0.717, 1.165) is 47.7 Å². The first-order valence-corrected chi connectivity index (χ1v) is 14.7. The molecule has 5 aliphatic rings. The minimum absolute atomic E-state index is 0.0211. The average molecular weight is 530 g/mol. The minimum atomic E-state index is -1.01. The van der Waals surface area contributed by atoms with E-state index in [1.54, 1.807) is 11.0 Å². The summed E-state index contributed by atoms with van der Waals surface area (Å²) < 4.78 is 0. The lowest BCUT2D eigenvalue weighted by Crippen LogP contribution is -2.76. The largest absolute Gasteiger partial charge is 0.508 e. The van der Waals surface area contributed by atoms with Crippen molar-refractivity contribution in [1.82, 2.24) is 14.7 Å². The zero-order chi connectivity index (χ0) is 27.2.